The molecule has 0 saturated carbocycles. The lowest BCUT2D eigenvalue weighted by molar-refractivity contribution is 0.0882. The number of rotatable bonds is 2. The number of allylic oxidation sites excluding steroid dienone is 1. The third kappa shape index (κ3) is 1.78. The van der Waals surface area contributed by atoms with Crippen LogP contribution in [0.4, 0.5) is 0 Å². The van der Waals surface area contributed by atoms with Crippen LogP contribution in [-0.2, 0) is 6.42 Å². The van der Waals surface area contributed by atoms with Crippen molar-refractivity contribution in [1.82, 2.24) is 0 Å². The smallest absolute Gasteiger partial charge is 0.184 e. The minimum atomic E-state index is -0.915. The second-order valence-corrected chi connectivity index (χ2v) is 4.99. The molecule has 86 valence electrons. The lowest BCUT2D eigenvalue weighted by atomic mass is 9.80. The van der Waals surface area contributed by atoms with Gasteiger partial charge in [0, 0.05) is 5.56 Å². The van der Waals surface area contributed by atoms with Crippen LogP contribution in [0, 0.1) is 23.7 Å². The zero-order chi connectivity index (χ0) is 12.6. The van der Waals surface area contributed by atoms with Crippen molar-refractivity contribution >= 4 is 5.78 Å². The Labute approximate surface area is 102 Å². The van der Waals surface area contributed by atoms with Crippen LogP contribution in [0.2, 0.25) is 0 Å². The first kappa shape index (κ1) is 11.6. The van der Waals surface area contributed by atoms with Crippen LogP contribution in [0.15, 0.2) is 30.4 Å². The summed E-state index contributed by atoms with van der Waals surface area (Å²) >= 11 is 0. The number of aryl methyl sites for hydroxylation is 1. The largest absolute Gasteiger partial charge is 0.292 e. The molecular formula is C15H15NO. The maximum atomic E-state index is 12.3. The molecule has 0 bridgehead atoms. The number of nitriles is 1. The van der Waals surface area contributed by atoms with Crippen LogP contribution in [0.1, 0.15) is 34.8 Å². The maximum Gasteiger partial charge on any atom is 0.184 e. The molecule has 2 rings (SSSR count). The molecule has 0 fully saturated rings. The van der Waals surface area contributed by atoms with E-state index in [1.54, 1.807) is 0 Å². The van der Waals surface area contributed by atoms with E-state index < -0.39 is 5.41 Å². The maximum absolute atomic E-state index is 12.3. The van der Waals surface area contributed by atoms with Crippen LogP contribution in [0.25, 0.3) is 0 Å². The first-order chi connectivity index (χ1) is 7.98. The van der Waals surface area contributed by atoms with Crippen LogP contribution >= 0.6 is 0 Å². The van der Waals surface area contributed by atoms with E-state index >= 15 is 0 Å². The standard InChI is InChI=1S/C15H15NO/c1-10(2)7-15(9-16)8-12-6-11(3)4-5-13(12)14(15)17/h4-6H,1,7-8H2,2-3H3/t15-/m0/s1. The molecular weight excluding hydrogens is 210 g/mol. The van der Waals surface area contributed by atoms with E-state index in [9.17, 15) is 10.1 Å². The van der Waals surface area contributed by atoms with Crippen molar-refractivity contribution in [2.45, 2.75) is 26.7 Å². The summed E-state index contributed by atoms with van der Waals surface area (Å²) in [6.45, 7) is 7.68. The van der Waals surface area contributed by atoms with Crippen LogP contribution in [-0.4, -0.2) is 5.78 Å². The molecule has 0 N–H and O–H groups in total. The monoisotopic (exact) mass is 225 g/mol. The molecule has 2 nitrogen and oxygen atoms in total. The zero-order valence-corrected chi connectivity index (χ0v) is 10.2. The van der Waals surface area contributed by atoms with Crippen molar-refractivity contribution in [1.29, 1.82) is 5.26 Å². The lowest BCUT2D eigenvalue weighted by Crippen LogP contribution is -2.26. The highest BCUT2D eigenvalue weighted by Gasteiger charge is 2.45. The molecule has 1 aliphatic rings. The summed E-state index contributed by atoms with van der Waals surface area (Å²) < 4.78 is 0. The Hall–Kier alpha value is -1.88. The van der Waals surface area contributed by atoms with Crippen molar-refractivity contribution in [2.24, 2.45) is 5.41 Å². The third-order valence-electron chi connectivity index (χ3n) is 3.25. The Morgan fingerprint density at radius 3 is 2.88 bits per heavy atom. The van der Waals surface area contributed by atoms with Gasteiger partial charge in [0.25, 0.3) is 0 Å². The summed E-state index contributed by atoms with van der Waals surface area (Å²) in [5.74, 6) is -0.0435. The molecule has 0 spiro atoms. The molecule has 0 unspecified atom stereocenters. The van der Waals surface area contributed by atoms with Crippen LogP contribution in [0.5, 0.6) is 0 Å². The first-order valence-electron chi connectivity index (χ1n) is 5.68. The number of carbonyl (C=O) groups excluding carboxylic acids is 1. The number of carbonyl (C=O) groups is 1. The molecule has 17 heavy (non-hydrogen) atoms. The Morgan fingerprint density at radius 1 is 1.59 bits per heavy atom. The van der Waals surface area contributed by atoms with Gasteiger partial charge in [0.1, 0.15) is 5.41 Å². The molecule has 1 atom stereocenters. The molecule has 0 amide bonds. The van der Waals surface area contributed by atoms with Gasteiger partial charge in [-0.05, 0) is 32.3 Å². The van der Waals surface area contributed by atoms with Gasteiger partial charge in [-0.2, -0.15) is 5.26 Å². The predicted molar refractivity (Wildman–Crippen MR) is 66.7 cm³/mol. The molecule has 0 radical (unpaired) electrons. The van der Waals surface area contributed by atoms with E-state index in [1.165, 1.54) is 0 Å². The summed E-state index contributed by atoms with van der Waals surface area (Å²) in [7, 11) is 0. The molecule has 1 aromatic rings. The summed E-state index contributed by atoms with van der Waals surface area (Å²) in [4.78, 5) is 12.3. The highest BCUT2D eigenvalue weighted by atomic mass is 16.1. The van der Waals surface area contributed by atoms with E-state index in [-0.39, 0.29) is 5.78 Å². The Morgan fingerprint density at radius 2 is 2.29 bits per heavy atom. The van der Waals surface area contributed by atoms with E-state index in [4.69, 9.17) is 0 Å². The minimum Gasteiger partial charge on any atom is -0.292 e. The summed E-state index contributed by atoms with van der Waals surface area (Å²) in [6.07, 6.45) is 0.974. The summed E-state index contributed by atoms with van der Waals surface area (Å²) in [5.41, 5.74) is 2.79. The fourth-order valence-corrected chi connectivity index (χ4v) is 2.54. The van der Waals surface area contributed by atoms with Crippen molar-refractivity contribution in [3.8, 4) is 6.07 Å². The third-order valence-corrected chi connectivity index (χ3v) is 3.25. The number of ketones is 1. The number of benzene rings is 1. The number of hydrogen-bond donors (Lipinski definition) is 0. The topological polar surface area (TPSA) is 40.9 Å². The van der Waals surface area contributed by atoms with Gasteiger partial charge in [0.2, 0.25) is 0 Å². The Bertz CT molecular complexity index is 551. The van der Waals surface area contributed by atoms with Gasteiger partial charge in [-0.1, -0.05) is 29.3 Å². The SMILES string of the molecule is C=C(C)C[C@@]1(C#N)Cc2cc(C)ccc2C1=O. The van der Waals surface area contributed by atoms with Crippen molar-refractivity contribution in [3.05, 3.63) is 47.0 Å². The van der Waals surface area contributed by atoms with E-state index in [2.05, 4.69) is 12.6 Å². The summed E-state index contributed by atoms with van der Waals surface area (Å²) in [5, 5.41) is 9.37. The summed E-state index contributed by atoms with van der Waals surface area (Å²) in [6, 6.07) is 7.98. The fraction of sp³-hybridized carbons (Fsp3) is 0.333. The molecule has 0 heterocycles. The van der Waals surface area contributed by atoms with Crippen LogP contribution < -0.4 is 0 Å². The van der Waals surface area contributed by atoms with Gasteiger partial charge in [-0.25, -0.2) is 0 Å². The minimum absolute atomic E-state index is 0.0435. The Kier molecular flexibility index (Phi) is 2.63. The Balaban J connectivity index is 2.48. The first-order valence-corrected chi connectivity index (χ1v) is 5.68. The fourth-order valence-electron chi connectivity index (χ4n) is 2.54. The van der Waals surface area contributed by atoms with Crippen molar-refractivity contribution < 1.29 is 4.79 Å². The number of Topliss-reactive ketones (excluding diaryl/α,β-unsaturated/α-hetero) is 1. The van der Waals surface area contributed by atoms with Gasteiger partial charge in [-0.3, -0.25) is 4.79 Å². The highest BCUT2D eigenvalue weighted by molar-refractivity contribution is 6.06. The number of nitrogens with zero attached hydrogens (tertiary/aromatic N) is 1. The van der Waals surface area contributed by atoms with E-state index in [0.29, 0.717) is 18.4 Å². The average Bonchev–Trinajstić information content (AvgIpc) is 2.51. The van der Waals surface area contributed by atoms with Crippen molar-refractivity contribution in [2.75, 3.05) is 0 Å². The number of fused-ring (bicyclic) bond motifs is 1. The van der Waals surface area contributed by atoms with Gasteiger partial charge in [0.05, 0.1) is 6.07 Å². The molecule has 0 saturated heterocycles. The van der Waals surface area contributed by atoms with Crippen LogP contribution in [0.3, 0.4) is 0 Å². The number of hydrogen-bond acceptors (Lipinski definition) is 2. The van der Waals surface area contributed by atoms with E-state index in [1.807, 2.05) is 32.0 Å². The molecule has 2 heteroatoms. The molecule has 0 aliphatic heterocycles. The second-order valence-electron chi connectivity index (χ2n) is 4.99. The molecule has 0 aromatic heterocycles. The normalized spacial score (nSPS) is 22.1. The highest BCUT2D eigenvalue weighted by Crippen LogP contribution is 2.41. The van der Waals surface area contributed by atoms with Gasteiger partial charge < -0.3 is 0 Å². The average molecular weight is 225 g/mol. The zero-order valence-electron chi connectivity index (χ0n) is 10.2. The van der Waals surface area contributed by atoms with Crippen molar-refractivity contribution in [3.63, 3.8) is 0 Å². The van der Waals surface area contributed by atoms with Gasteiger partial charge >= 0.3 is 0 Å². The second kappa shape index (κ2) is 3.85. The predicted octanol–water partition coefficient (Wildman–Crippen LogP) is 3.21. The quantitative estimate of drug-likeness (QED) is 0.725. The van der Waals surface area contributed by atoms with E-state index in [0.717, 1.165) is 16.7 Å². The van der Waals surface area contributed by atoms with Gasteiger partial charge in [0.15, 0.2) is 5.78 Å². The van der Waals surface area contributed by atoms with Gasteiger partial charge in [-0.15, -0.1) is 6.58 Å². The lowest BCUT2D eigenvalue weighted by Gasteiger charge is -2.18. The molecule has 1 aliphatic carbocycles. The molecule has 1 aromatic carbocycles.